The second-order valence-corrected chi connectivity index (χ2v) is 8.43. The molecule has 0 radical (unpaired) electrons. The van der Waals surface area contributed by atoms with Gasteiger partial charge in [0.05, 0.1) is 35.1 Å². The van der Waals surface area contributed by atoms with Crippen molar-refractivity contribution in [1.82, 2.24) is 4.98 Å². The van der Waals surface area contributed by atoms with Crippen molar-refractivity contribution in [2.75, 3.05) is 18.2 Å². The fourth-order valence-corrected chi connectivity index (χ4v) is 3.46. The number of nitrogen functional groups attached to an aromatic ring is 1. The van der Waals surface area contributed by atoms with Crippen LogP contribution in [0.15, 0.2) is 30.6 Å². The molecule has 1 aliphatic rings. The van der Waals surface area contributed by atoms with Crippen LogP contribution in [0.3, 0.4) is 0 Å². The minimum atomic E-state index is -4.61. The highest BCUT2D eigenvalue weighted by Crippen LogP contribution is 2.34. The average molecular weight is 451 g/mol. The fraction of sp³-hybridized carbons (Fsp3) is 0.409. The number of alkyl halides is 3. The van der Waals surface area contributed by atoms with Crippen molar-refractivity contribution < 1.29 is 32.8 Å². The number of halogens is 3. The molecule has 1 amide bonds. The molecular weight excluding hydrogens is 425 g/mol. The normalized spacial score (nSPS) is 19.0. The number of nitrogens with two attached hydrogens (primary N) is 1. The summed E-state index contributed by atoms with van der Waals surface area (Å²) < 4.78 is 44.0. The van der Waals surface area contributed by atoms with E-state index >= 15 is 0 Å². The molecule has 1 saturated carbocycles. The molecule has 2 aromatic rings. The highest BCUT2D eigenvalue weighted by molar-refractivity contribution is 6.05. The SMILES string of the molecule is COc1cc(N)c(C=[NH+]C2CC(C(C)(C)O)C2)cc1NC(=O)c1cncc(C(F)(F)F)c1. The Kier molecular flexibility index (Phi) is 6.45. The Morgan fingerprint density at radius 2 is 1.97 bits per heavy atom. The molecule has 3 rings (SSSR count). The van der Waals surface area contributed by atoms with Crippen molar-refractivity contribution in [3.05, 3.63) is 47.3 Å². The molecule has 0 bridgehead atoms. The first kappa shape index (κ1) is 23.5. The van der Waals surface area contributed by atoms with E-state index < -0.39 is 23.2 Å². The monoisotopic (exact) mass is 451 g/mol. The maximum atomic E-state index is 12.9. The van der Waals surface area contributed by atoms with Gasteiger partial charge in [-0.1, -0.05) is 0 Å². The number of anilines is 2. The predicted octanol–water partition coefficient (Wildman–Crippen LogP) is 1.99. The summed E-state index contributed by atoms with van der Waals surface area (Å²) in [4.78, 5) is 19.3. The van der Waals surface area contributed by atoms with Crippen LogP contribution in [-0.4, -0.2) is 41.0 Å². The molecule has 0 saturated heterocycles. The smallest absolute Gasteiger partial charge is 0.417 e. The molecule has 0 atom stereocenters. The van der Waals surface area contributed by atoms with Crippen molar-refractivity contribution in [1.29, 1.82) is 0 Å². The van der Waals surface area contributed by atoms with Gasteiger partial charge in [0.15, 0.2) is 12.3 Å². The molecule has 0 spiro atoms. The van der Waals surface area contributed by atoms with Crippen LogP contribution in [0, 0.1) is 5.92 Å². The van der Waals surface area contributed by atoms with Gasteiger partial charge in [0.2, 0.25) is 0 Å². The first-order valence-electron chi connectivity index (χ1n) is 10.0. The van der Waals surface area contributed by atoms with E-state index in [9.17, 15) is 23.1 Å². The van der Waals surface area contributed by atoms with Crippen molar-refractivity contribution in [3.8, 4) is 5.75 Å². The summed E-state index contributed by atoms with van der Waals surface area (Å²) >= 11 is 0. The first-order chi connectivity index (χ1) is 14.9. The van der Waals surface area contributed by atoms with Crippen molar-refractivity contribution >= 4 is 23.5 Å². The van der Waals surface area contributed by atoms with E-state index in [1.807, 2.05) is 0 Å². The molecule has 1 aromatic carbocycles. The highest BCUT2D eigenvalue weighted by Gasteiger charge is 2.41. The molecule has 1 fully saturated rings. The third kappa shape index (κ3) is 5.37. The number of benzene rings is 1. The Morgan fingerprint density at radius 3 is 2.56 bits per heavy atom. The molecule has 0 aliphatic heterocycles. The van der Waals surface area contributed by atoms with Gasteiger partial charge in [-0.3, -0.25) is 9.78 Å². The maximum absolute atomic E-state index is 12.9. The van der Waals surface area contributed by atoms with Crippen LogP contribution in [0.25, 0.3) is 0 Å². The summed E-state index contributed by atoms with van der Waals surface area (Å²) in [6, 6.07) is 4.01. The third-order valence-electron chi connectivity index (χ3n) is 5.59. The number of nitrogens with zero attached hydrogens (tertiary/aromatic N) is 1. The number of pyridine rings is 1. The van der Waals surface area contributed by atoms with Gasteiger partial charge in [-0.05, 0) is 31.9 Å². The molecular formula is C22H26F3N4O3+. The number of aromatic nitrogens is 1. The van der Waals surface area contributed by atoms with E-state index in [2.05, 4.69) is 15.3 Å². The average Bonchev–Trinajstić information content (AvgIpc) is 2.67. The number of carbonyl (C=O) groups excluding carboxylic acids is 1. The van der Waals surface area contributed by atoms with Gasteiger partial charge in [0.1, 0.15) is 5.75 Å². The van der Waals surface area contributed by atoms with Gasteiger partial charge >= 0.3 is 6.18 Å². The summed E-state index contributed by atoms with van der Waals surface area (Å²) in [6.45, 7) is 3.57. The zero-order chi connectivity index (χ0) is 23.7. The lowest BCUT2D eigenvalue weighted by atomic mass is 9.71. The lowest BCUT2D eigenvalue weighted by molar-refractivity contribution is -0.521. The molecule has 172 valence electrons. The zero-order valence-corrected chi connectivity index (χ0v) is 18.0. The van der Waals surface area contributed by atoms with Crippen LogP contribution >= 0.6 is 0 Å². The quantitative estimate of drug-likeness (QED) is 0.397. The van der Waals surface area contributed by atoms with Crippen molar-refractivity contribution in [2.45, 2.75) is 44.5 Å². The lowest BCUT2D eigenvalue weighted by Crippen LogP contribution is -2.81. The van der Waals surface area contributed by atoms with Gasteiger partial charge in [-0.25, -0.2) is 4.99 Å². The van der Waals surface area contributed by atoms with E-state index in [1.165, 1.54) is 13.2 Å². The van der Waals surface area contributed by atoms with E-state index in [1.54, 1.807) is 26.1 Å². The van der Waals surface area contributed by atoms with Crippen molar-refractivity contribution in [2.24, 2.45) is 5.92 Å². The summed E-state index contributed by atoms with van der Waals surface area (Å²) in [5.41, 5.74) is 5.32. The standard InChI is InChI=1S/C22H25F3N4O3/c1-21(2,31)14-6-16(7-14)28-10-12-5-18(19(32-3)8-17(12)26)29-20(30)13-4-15(11-27-9-13)22(23,24)25/h4-5,8-11,14,16,31H,6-7,26H2,1-3H3,(H,29,30)/p+1. The van der Waals surface area contributed by atoms with Gasteiger partial charge in [0, 0.05) is 37.0 Å². The summed E-state index contributed by atoms with van der Waals surface area (Å²) in [5, 5.41) is 12.6. The second kappa shape index (κ2) is 8.78. The molecule has 0 unspecified atom stereocenters. The number of rotatable bonds is 6. The van der Waals surface area contributed by atoms with E-state index in [0.29, 0.717) is 17.4 Å². The van der Waals surface area contributed by atoms with Gasteiger partial charge in [0.25, 0.3) is 5.91 Å². The molecule has 1 aromatic heterocycles. The molecule has 10 heteroatoms. The van der Waals surface area contributed by atoms with Crippen LogP contribution < -0.4 is 20.8 Å². The van der Waals surface area contributed by atoms with Crippen LogP contribution in [0.4, 0.5) is 24.5 Å². The van der Waals surface area contributed by atoms with Crippen LogP contribution in [-0.2, 0) is 6.18 Å². The van der Waals surface area contributed by atoms with Crippen molar-refractivity contribution in [3.63, 3.8) is 0 Å². The topological polar surface area (TPSA) is 111 Å². The van der Waals surface area contributed by atoms with Gasteiger partial charge < -0.3 is 20.9 Å². The maximum Gasteiger partial charge on any atom is 0.417 e. The lowest BCUT2D eigenvalue weighted by Gasteiger charge is -2.37. The molecule has 1 heterocycles. The Balaban J connectivity index is 1.78. The number of aliphatic hydroxyl groups is 1. The number of methoxy groups -OCH3 is 1. The Labute approximate surface area is 183 Å². The van der Waals surface area contributed by atoms with E-state index in [0.717, 1.165) is 25.1 Å². The van der Waals surface area contributed by atoms with Crippen LogP contribution in [0.1, 0.15) is 48.2 Å². The molecule has 32 heavy (non-hydrogen) atoms. The predicted molar refractivity (Wildman–Crippen MR) is 114 cm³/mol. The largest absolute Gasteiger partial charge is 0.494 e. The summed E-state index contributed by atoms with van der Waals surface area (Å²) in [7, 11) is 1.39. The fourth-order valence-electron chi connectivity index (χ4n) is 3.46. The number of carbonyl (C=O) groups is 1. The minimum absolute atomic E-state index is 0.183. The van der Waals surface area contributed by atoms with Gasteiger partial charge in [-0.2, -0.15) is 13.2 Å². The number of nitrogens with one attached hydrogen (secondary N) is 2. The number of ether oxygens (including phenoxy) is 1. The zero-order valence-electron chi connectivity index (χ0n) is 18.0. The third-order valence-corrected chi connectivity index (χ3v) is 5.59. The Morgan fingerprint density at radius 1 is 1.28 bits per heavy atom. The second-order valence-electron chi connectivity index (χ2n) is 8.43. The number of hydrogen-bond acceptors (Lipinski definition) is 5. The highest BCUT2D eigenvalue weighted by atomic mass is 19.4. The molecule has 1 aliphatic carbocycles. The Bertz CT molecular complexity index is 1030. The summed E-state index contributed by atoms with van der Waals surface area (Å²) in [5.74, 6) is -0.297. The van der Waals surface area contributed by atoms with Crippen LogP contribution in [0.2, 0.25) is 0 Å². The molecule has 7 nitrogen and oxygen atoms in total. The number of hydrogen-bond donors (Lipinski definition) is 4. The minimum Gasteiger partial charge on any atom is -0.494 e. The van der Waals surface area contributed by atoms with E-state index in [4.69, 9.17) is 10.5 Å². The van der Waals surface area contributed by atoms with E-state index in [-0.39, 0.29) is 29.0 Å². The molecule has 5 N–H and O–H groups in total. The Hall–Kier alpha value is -3.14. The van der Waals surface area contributed by atoms with Crippen LogP contribution in [0.5, 0.6) is 5.75 Å². The number of amides is 1. The first-order valence-corrected chi connectivity index (χ1v) is 10.0. The van der Waals surface area contributed by atoms with Gasteiger partial charge in [-0.15, -0.1) is 0 Å². The summed E-state index contributed by atoms with van der Waals surface area (Å²) in [6.07, 6.45) is 0.425.